The molecule has 132 valence electrons. The molecule has 0 bridgehead atoms. The van der Waals surface area contributed by atoms with E-state index in [9.17, 15) is 9.59 Å². The number of imide groups is 1. The molecule has 1 aliphatic heterocycles. The Kier molecular flexibility index (Phi) is 4.76. The van der Waals surface area contributed by atoms with Crippen LogP contribution in [0, 0.1) is 0 Å². The van der Waals surface area contributed by atoms with Crippen LogP contribution in [-0.4, -0.2) is 48.1 Å². The fourth-order valence-corrected chi connectivity index (χ4v) is 3.17. The Bertz CT molecular complexity index is 840. The summed E-state index contributed by atoms with van der Waals surface area (Å²) in [4.78, 5) is 28.0. The normalized spacial score (nSPS) is 16.3. The third kappa shape index (κ3) is 3.51. The van der Waals surface area contributed by atoms with Gasteiger partial charge in [-0.1, -0.05) is 6.08 Å². The number of carbonyl (C=O) groups excluding carboxylic acids is 2. The van der Waals surface area contributed by atoms with Crippen molar-refractivity contribution < 1.29 is 14.3 Å². The molecular formula is C18H22N4O3. The minimum Gasteiger partial charge on any atom is -0.497 e. The third-order valence-electron chi connectivity index (χ3n) is 4.65. The van der Waals surface area contributed by atoms with Crippen LogP contribution < -0.4 is 15.8 Å². The van der Waals surface area contributed by atoms with Crippen LogP contribution >= 0.6 is 0 Å². The highest BCUT2D eigenvalue weighted by atomic mass is 16.5. The number of nitrogens with one attached hydrogen (secondary N) is 2. The van der Waals surface area contributed by atoms with Gasteiger partial charge in [0.05, 0.1) is 13.2 Å². The lowest BCUT2D eigenvalue weighted by Crippen LogP contribution is -2.49. The Morgan fingerprint density at radius 3 is 2.84 bits per heavy atom. The maximum Gasteiger partial charge on any atom is 0.318 e. The van der Waals surface area contributed by atoms with Crippen molar-refractivity contribution in [2.75, 3.05) is 20.2 Å². The van der Waals surface area contributed by atoms with Crippen LogP contribution in [-0.2, 0) is 4.79 Å². The van der Waals surface area contributed by atoms with Crippen molar-refractivity contribution in [3.8, 4) is 5.75 Å². The van der Waals surface area contributed by atoms with E-state index >= 15 is 0 Å². The molecule has 0 spiro atoms. The molecule has 0 aliphatic carbocycles. The highest BCUT2D eigenvalue weighted by Gasteiger charge is 2.24. The van der Waals surface area contributed by atoms with Crippen LogP contribution in [0.5, 0.6) is 5.75 Å². The summed E-state index contributed by atoms with van der Waals surface area (Å²) >= 11 is 0. The summed E-state index contributed by atoms with van der Waals surface area (Å²) in [6, 6.07) is 4.73. The van der Waals surface area contributed by atoms with E-state index in [1.54, 1.807) is 14.0 Å². The van der Waals surface area contributed by atoms with Gasteiger partial charge >= 0.3 is 6.03 Å². The van der Waals surface area contributed by atoms with Gasteiger partial charge in [-0.05, 0) is 37.1 Å². The zero-order valence-corrected chi connectivity index (χ0v) is 14.3. The molecule has 7 nitrogen and oxygen atoms in total. The topological polar surface area (TPSA) is 100 Å². The first-order chi connectivity index (χ1) is 12.0. The number of ether oxygens (including phenoxy) is 1. The van der Waals surface area contributed by atoms with E-state index in [4.69, 9.17) is 10.5 Å². The van der Waals surface area contributed by atoms with Gasteiger partial charge in [-0.2, -0.15) is 0 Å². The molecule has 0 fully saturated rings. The second-order valence-corrected chi connectivity index (χ2v) is 6.12. The number of carbonyl (C=O) groups is 2. The highest BCUT2D eigenvalue weighted by Crippen LogP contribution is 2.31. The van der Waals surface area contributed by atoms with Crippen molar-refractivity contribution in [3.63, 3.8) is 0 Å². The first-order valence-corrected chi connectivity index (χ1v) is 8.18. The van der Waals surface area contributed by atoms with Gasteiger partial charge in [0.1, 0.15) is 5.75 Å². The smallest absolute Gasteiger partial charge is 0.318 e. The van der Waals surface area contributed by atoms with E-state index in [2.05, 4.69) is 16.4 Å². The SMILES string of the molecule is COc1ccc2[nH]cc(C3=CCN(C(C)C(=O)NC(N)=O)CC3)c2c1. The van der Waals surface area contributed by atoms with Crippen molar-refractivity contribution in [1.82, 2.24) is 15.2 Å². The number of rotatable bonds is 4. The average Bonchev–Trinajstić information content (AvgIpc) is 3.03. The van der Waals surface area contributed by atoms with E-state index in [-0.39, 0.29) is 5.91 Å². The number of aromatic amines is 1. The molecule has 7 heteroatoms. The number of amides is 3. The number of nitrogens with two attached hydrogens (primary N) is 1. The lowest BCUT2D eigenvalue weighted by molar-refractivity contribution is -0.124. The summed E-state index contributed by atoms with van der Waals surface area (Å²) in [5.74, 6) is 0.448. The zero-order chi connectivity index (χ0) is 18.0. The molecule has 4 N–H and O–H groups in total. The van der Waals surface area contributed by atoms with Gasteiger partial charge in [0.15, 0.2) is 0 Å². The van der Waals surface area contributed by atoms with Gasteiger partial charge in [0.25, 0.3) is 0 Å². The lowest BCUT2D eigenvalue weighted by Gasteiger charge is -2.30. The quantitative estimate of drug-likeness (QED) is 0.789. The Morgan fingerprint density at radius 1 is 1.40 bits per heavy atom. The Morgan fingerprint density at radius 2 is 2.20 bits per heavy atom. The number of fused-ring (bicyclic) bond motifs is 1. The molecule has 3 rings (SSSR count). The van der Waals surface area contributed by atoms with Crippen molar-refractivity contribution in [3.05, 3.63) is 36.0 Å². The number of H-pyrrole nitrogens is 1. The zero-order valence-electron chi connectivity index (χ0n) is 14.3. The van der Waals surface area contributed by atoms with Crippen LogP contribution in [0.3, 0.4) is 0 Å². The monoisotopic (exact) mass is 342 g/mol. The molecule has 25 heavy (non-hydrogen) atoms. The van der Waals surface area contributed by atoms with E-state index in [1.807, 2.05) is 29.3 Å². The summed E-state index contributed by atoms with van der Waals surface area (Å²) in [7, 11) is 1.66. The number of nitrogens with zero attached hydrogens (tertiary/aromatic N) is 1. The number of hydrogen-bond donors (Lipinski definition) is 3. The predicted octanol–water partition coefficient (Wildman–Crippen LogP) is 1.85. The Labute approximate surface area is 145 Å². The second-order valence-electron chi connectivity index (χ2n) is 6.12. The molecule has 2 heterocycles. The number of aromatic nitrogens is 1. The standard InChI is InChI=1S/C18H22N4O3/c1-11(17(23)21-18(19)24)22-7-5-12(6-8-22)15-10-20-16-4-3-13(25-2)9-14(15)16/h3-5,9-11,20H,6-8H2,1-2H3,(H3,19,21,23,24). The maximum atomic E-state index is 11.9. The van der Waals surface area contributed by atoms with E-state index in [1.165, 1.54) is 5.57 Å². The largest absolute Gasteiger partial charge is 0.497 e. The molecule has 1 unspecified atom stereocenters. The second kappa shape index (κ2) is 6.98. The molecule has 1 atom stereocenters. The van der Waals surface area contributed by atoms with E-state index < -0.39 is 12.1 Å². The molecule has 0 saturated heterocycles. The van der Waals surface area contributed by atoms with Crippen LogP contribution in [0.4, 0.5) is 4.79 Å². The van der Waals surface area contributed by atoms with Crippen LogP contribution in [0.15, 0.2) is 30.5 Å². The average molecular weight is 342 g/mol. The van der Waals surface area contributed by atoms with E-state index in [0.717, 1.165) is 35.2 Å². The summed E-state index contributed by atoms with van der Waals surface area (Å²) in [5.41, 5.74) is 8.46. The van der Waals surface area contributed by atoms with Gasteiger partial charge in [-0.15, -0.1) is 0 Å². The number of hydrogen-bond acceptors (Lipinski definition) is 4. The molecular weight excluding hydrogens is 320 g/mol. The molecule has 3 amide bonds. The van der Waals surface area contributed by atoms with Gasteiger partial charge in [-0.3, -0.25) is 15.0 Å². The van der Waals surface area contributed by atoms with E-state index in [0.29, 0.717) is 6.54 Å². The molecule has 0 saturated carbocycles. The van der Waals surface area contributed by atoms with Gasteiger partial charge in [0, 0.05) is 35.8 Å². The Hall–Kier alpha value is -2.80. The molecule has 1 aliphatic rings. The summed E-state index contributed by atoms with van der Waals surface area (Å²) < 4.78 is 5.32. The summed E-state index contributed by atoms with van der Waals surface area (Å²) in [5, 5.41) is 3.26. The summed E-state index contributed by atoms with van der Waals surface area (Å²) in [6.45, 7) is 3.14. The Balaban J connectivity index is 1.77. The molecule has 2 aromatic rings. The van der Waals surface area contributed by atoms with Crippen LogP contribution in [0.1, 0.15) is 18.9 Å². The first kappa shape index (κ1) is 17.0. The molecule has 1 aromatic carbocycles. The van der Waals surface area contributed by atoms with Crippen LogP contribution in [0.25, 0.3) is 16.5 Å². The van der Waals surface area contributed by atoms with Gasteiger partial charge in [-0.25, -0.2) is 4.79 Å². The van der Waals surface area contributed by atoms with Crippen molar-refractivity contribution in [2.24, 2.45) is 5.73 Å². The number of urea groups is 1. The minimum absolute atomic E-state index is 0.374. The molecule has 0 radical (unpaired) electrons. The maximum absolute atomic E-state index is 11.9. The number of benzene rings is 1. The number of methoxy groups -OCH3 is 1. The number of primary amides is 1. The van der Waals surface area contributed by atoms with Gasteiger partial charge in [0.2, 0.25) is 5.91 Å². The van der Waals surface area contributed by atoms with Crippen molar-refractivity contribution in [2.45, 2.75) is 19.4 Å². The third-order valence-corrected chi connectivity index (χ3v) is 4.65. The van der Waals surface area contributed by atoms with Crippen molar-refractivity contribution in [1.29, 1.82) is 0 Å². The first-order valence-electron chi connectivity index (χ1n) is 8.18. The van der Waals surface area contributed by atoms with Crippen LogP contribution in [0.2, 0.25) is 0 Å². The van der Waals surface area contributed by atoms with Crippen molar-refractivity contribution >= 4 is 28.4 Å². The minimum atomic E-state index is -0.821. The molecule has 1 aromatic heterocycles. The fourth-order valence-electron chi connectivity index (χ4n) is 3.17. The fraction of sp³-hybridized carbons (Fsp3) is 0.333. The predicted molar refractivity (Wildman–Crippen MR) is 96.2 cm³/mol. The highest BCUT2D eigenvalue weighted by molar-refractivity contribution is 5.96. The lowest BCUT2D eigenvalue weighted by atomic mass is 9.98. The summed E-state index contributed by atoms with van der Waals surface area (Å²) in [6.07, 6.45) is 4.95. The van der Waals surface area contributed by atoms with Gasteiger partial charge < -0.3 is 15.5 Å².